The monoisotopic (exact) mass is 336 g/mol. The number of carbonyl (C=O) groups is 2. The Morgan fingerprint density at radius 1 is 1.04 bits per heavy atom. The zero-order valence-corrected chi connectivity index (χ0v) is 13.0. The number of halogens is 1. The van der Waals surface area contributed by atoms with Crippen molar-refractivity contribution in [1.82, 2.24) is 0 Å². The topological polar surface area (TPSA) is 62.6 Å². The van der Waals surface area contributed by atoms with Crippen LogP contribution in [-0.2, 0) is 4.79 Å². The number of furan rings is 1. The van der Waals surface area contributed by atoms with Crippen molar-refractivity contribution in [1.29, 1.82) is 0 Å². The smallest absolute Gasteiger partial charge is 0.294 e. The molecule has 0 fully saturated rings. The lowest BCUT2D eigenvalue weighted by Crippen LogP contribution is -2.42. The van der Waals surface area contributed by atoms with E-state index < -0.39 is 5.91 Å². The van der Waals surface area contributed by atoms with Crippen molar-refractivity contribution in [2.24, 2.45) is 0 Å². The molecule has 25 heavy (non-hydrogen) atoms. The first-order valence-electron chi connectivity index (χ1n) is 7.68. The summed E-state index contributed by atoms with van der Waals surface area (Å²) in [7, 11) is 0. The molecule has 4 rings (SSSR count). The first kappa shape index (κ1) is 15.1. The highest BCUT2D eigenvalue weighted by atomic mass is 19.1. The molecular formula is C19H13FN2O3. The number of nitrogens with zero attached hydrogens (tertiary/aromatic N) is 1. The predicted octanol–water partition coefficient (Wildman–Crippen LogP) is 3.68. The number of amides is 2. The number of nitrogens with one attached hydrogen (secondary N) is 1. The van der Waals surface area contributed by atoms with E-state index in [0.29, 0.717) is 22.7 Å². The first-order chi connectivity index (χ1) is 12.1. The average molecular weight is 336 g/mol. The van der Waals surface area contributed by atoms with Gasteiger partial charge in [0.2, 0.25) is 5.91 Å². The van der Waals surface area contributed by atoms with Gasteiger partial charge in [-0.3, -0.25) is 14.5 Å². The lowest BCUT2D eigenvalue weighted by Gasteiger charge is -2.28. The molecule has 2 amide bonds. The van der Waals surface area contributed by atoms with E-state index >= 15 is 0 Å². The fourth-order valence-corrected chi connectivity index (χ4v) is 2.77. The predicted molar refractivity (Wildman–Crippen MR) is 90.9 cm³/mol. The standard InChI is InChI=1S/C19H13FN2O3/c20-13-7-5-12(6-8-13)16-9-10-17(25-16)19(24)22-11-18(23)21-14-3-1-2-4-15(14)22/h1-10H,11H2,(H,21,23). The van der Waals surface area contributed by atoms with Crippen LogP contribution < -0.4 is 10.2 Å². The summed E-state index contributed by atoms with van der Waals surface area (Å²) in [6.45, 7) is -0.0809. The quantitative estimate of drug-likeness (QED) is 0.776. The molecular weight excluding hydrogens is 323 g/mol. The van der Waals surface area contributed by atoms with Gasteiger partial charge in [-0.05, 0) is 48.5 Å². The Balaban J connectivity index is 1.66. The van der Waals surface area contributed by atoms with E-state index in [1.807, 2.05) is 0 Å². The van der Waals surface area contributed by atoms with E-state index in [9.17, 15) is 14.0 Å². The summed E-state index contributed by atoms with van der Waals surface area (Å²) < 4.78 is 18.7. The van der Waals surface area contributed by atoms with Gasteiger partial charge in [-0.1, -0.05) is 12.1 Å². The summed E-state index contributed by atoms with van der Waals surface area (Å²) >= 11 is 0. The molecule has 0 radical (unpaired) electrons. The normalized spacial score (nSPS) is 13.3. The van der Waals surface area contributed by atoms with E-state index in [4.69, 9.17) is 4.42 Å². The molecule has 1 aliphatic heterocycles. The number of anilines is 2. The zero-order chi connectivity index (χ0) is 17.4. The number of carbonyl (C=O) groups excluding carboxylic acids is 2. The van der Waals surface area contributed by atoms with Crippen LogP contribution in [0.4, 0.5) is 15.8 Å². The van der Waals surface area contributed by atoms with Crippen LogP contribution in [-0.4, -0.2) is 18.4 Å². The molecule has 0 spiro atoms. The minimum atomic E-state index is -0.407. The Bertz CT molecular complexity index is 963. The van der Waals surface area contributed by atoms with Crippen LogP contribution in [0.15, 0.2) is 65.1 Å². The van der Waals surface area contributed by atoms with Crippen LogP contribution in [0.25, 0.3) is 11.3 Å². The second-order valence-corrected chi connectivity index (χ2v) is 5.63. The summed E-state index contributed by atoms with van der Waals surface area (Å²) in [5.41, 5.74) is 1.86. The van der Waals surface area contributed by atoms with Gasteiger partial charge in [0.15, 0.2) is 5.76 Å². The molecule has 0 saturated carbocycles. The van der Waals surface area contributed by atoms with Gasteiger partial charge in [0.05, 0.1) is 11.4 Å². The lowest BCUT2D eigenvalue weighted by atomic mass is 10.2. The van der Waals surface area contributed by atoms with Gasteiger partial charge in [-0.15, -0.1) is 0 Å². The molecule has 2 aromatic carbocycles. The molecule has 0 aliphatic carbocycles. The number of rotatable bonds is 2. The van der Waals surface area contributed by atoms with Gasteiger partial charge >= 0.3 is 0 Å². The van der Waals surface area contributed by atoms with Crippen molar-refractivity contribution in [3.8, 4) is 11.3 Å². The van der Waals surface area contributed by atoms with Crippen molar-refractivity contribution in [3.63, 3.8) is 0 Å². The molecule has 0 unspecified atom stereocenters. The third-order valence-electron chi connectivity index (χ3n) is 3.96. The molecule has 124 valence electrons. The highest BCUT2D eigenvalue weighted by Gasteiger charge is 2.29. The second-order valence-electron chi connectivity index (χ2n) is 5.63. The molecule has 0 bridgehead atoms. The van der Waals surface area contributed by atoms with E-state index in [0.717, 1.165) is 0 Å². The molecule has 5 nitrogen and oxygen atoms in total. The van der Waals surface area contributed by atoms with Gasteiger partial charge in [0, 0.05) is 5.56 Å². The fourth-order valence-electron chi connectivity index (χ4n) is 2.77. The van der Waals surface area contributed by atoms with Crippen molar-refractivity contribution < 1.29 is 18.4 Å². The average Bonchev–Trinajstić information content (AvgIpc) is 3.11. The Morgan fingerprint density at radius 3 is 2.60 bits per heavy atom. The summed E-state index contributed by atoms with van der Waals surface area (Å²) in [6.07, 6.45) is 0. The maximum absolute atomic E-state index is 13.0. The Labute approximate surface area is 142 Å². The van der Waals surface area contributed by atoms with Gasteiger partial charge in [0.1, 0.15) is 18.1 Å². The Hall–Kier alpha value is -3.41. The Kier molecular flexibility index (Phi) is 3.57. The molecule has 6 heteroatoms. The van der Waals surface area contributed by atoms with Crippen molar-refractivity contribution in [2.45, 2.75) is 0 Å². The van der Waals surface area contributed by atoms with Gasteiger partial charge in [-0.25, -0.2) is 4.39 Å². The second kappa shape index (κ2) is 5.90. The third kappa shape index (κ3) is 2.78. The maximum Gasteiger partial charge on any atom is 0.294 e. The lowest BCUT2D eigenvalue weighted by molar-refractivity contribution is -0.115. The summed E-state index contributed by atoms with van der Waals surface area (Å²) in [5, 5.41) is 2.73. The van der Waals surface area contributed by atoms with Crippen LogP contribution in [0.5, 0.6) is 0 Å². The van der Waals surface area contributed by atoms with Crippen LogP contribution >= 0.6 is 0 Å². The summed E-state index contributed by atoms with van der Waals surface area (Å²) in [5.74, 6) is -0.447. The highest BCUT2D eigenvalue weighted by Crippen LogP contribution is 2.31. The van der Waals surface area contributed by atoms with E-state index in [-0.39, 0.29) is 24.0 Å². The first-order valence-corrected chi connectivity index (χ1v) is 7.68. The van der Waals surface area contributed by atoms with Crippen molar-refractivity contribution >= 4 is 23.2 Å². The number of hydrogen-bond acceptors (Lipinski definition) is 3. The van der Waals surface area contributed by atoms with Gasteiger partial charge in [-0.2, -0.15) is 0 Å². The molecule has 0 atom stereocenters. The number of para-hydroxylation sites is 2. The highest BCUT2D eigenvalue weighted by molar-refractivity contribution is 6.14. The van der Waals surface area contributed by atoms with E-state index in [2.05, 4.69) is 5.32 Å². The number of hydrogen-bond donors (Lipinski definition) is 1. The molecule has 1 N–H and O–H groups in total. The van der Waals surface area contributed by atoms with E-state index in [1.165, 1.54) is 17.0 Å². The Morgan fingerprint density at radius 2 is 1.80 bits per heavy atom. The zero-order valence-electron chi connectivity index (χ0n) is 13.0. The van der Waals surface area contributed by atoms with Crippen molar-refractivity contribution in [2.75, 3.05) is 16.8 Å². The van der Waals surface area contributed by atoms with Crippen LogP contribution in [0.3, 0.4) is 0 Å². The number of fused-ring (bicyclic) bond motifs is 1. The van der Waals surface area contributed by atoms with Crippen LogP contribution in [0.1, 0.15) is 10.6 Å². The summed E-state index contributed by atoms with van der Waals surface area (Å²) in [6, 6.07) is 16.1. The largest absolute Gasteiger partial charge is 0.451 e. The van der Waals surface area contributed by atoms with Gasteiger partial charge < -0.3 is 9.73 Å². The summed E-state index contributed by atoms with van der Waals surface area (Å²) in [4.78, 5) is 26.0. The molecule has 3 aromatic rings. The minimum absolute atomic E-state index is 0.0809. The van der Waals surface area contributed by atoms with Crippen LogP contribution in [0.2, 0.25) is 0 Å². The molecule has 2 heterocycles. The molecule has 1 aliphatic rings. The van der Waals surface area contributed by atoms with E-state index in [1.54, 1.807) is 48.5 Å². The van der Waals surface area contributed by atoms with Crippen molar-refractivity contribution in [3.05, 3.63) is 72.2 Å². The maximum atomic E-state index is 13.0. The van der Waals surface area contributed by atoms with Crippen LogP contribution in [0, 0.1) is 5.82 Å². The molecule has 1 aromatic heterocycles. The number of benzene rings is 2. The SMILES string of the molecule is O=C1CN(C(=O)c2ccc(-c3ccc(F)cc3)o2)c2ccccc2N1. The fraction of sp³-hybridized carbons (Fsp3) is 0.0526. The third-order valence-corrected chi connectivity index (χ3v) is 3.96. The minimum Gasteiger partial charge on any atom is -0.451 e. The molecule has 0 saturated heterocycles. The van der Waals surface area contributed by atoms with Gasteiger partial charge in [0.25, 0.3) is 5.91 Å².